The van der Waals surface area contributed by atoms with Gasteiger partial charge in [-0.25, -0.2) is 13.2 Å². The predicted octanol–water partition coefficient (Wildman–Crippen LogP) is 3.66. The highest BCUT2D eigenvalue weighted by molar-refractivity contribution is 7.89. The fraction of sp³-hybridized carbons (Fsp3) is 0.429. The molecule has 180 valence electrons. The quantitative estimate of drug-likeness (QED) is 0.523. The Balaban J connectivity index is 1.96. The van der Waals surface area contributed by atoms with Crippen LogP contribution < -0.4 is 10.0 Å². The van der Waals surface area contributed by atoms with E-state index in [4.69, 9.17) is 4.99 Å². The van der Waals surface area contributed by atoms with E-state index in [1.165, 1.54) is 0 Å². The summed E-state index contributed by atoms with van der Waals surface area (Å²) in [5.41, 5.74) is 0.831. The fourth-order valence-corrected chi connectivity index (χ4v) is 6.51. The summed E-state index contributed by atoms with van der Waals surface area (Å²) >= 11 is 1.12. The van der Waals surface area contributed by atoms with Gasteiger partial charge >= 0.3 is 10.2 Å². The van der Waals surface area contributed by atoms with Crippen LogP contribution in [0.5, 0.6) is 5.75 Å². The second kappa shape index (κ2) is 9.92. The summed E-state index contributed by atoms with van der Waals surface area (Å²) in [4.78, 5) is 4.70. The van der Waals surface area contributed by atoms with Gasteiger partial charge < -0.3 is 10.4 Å². The molecular formula is C21H29N5O4S3. The van der Waals surface area contributed by atoms with Crippen LogP contribution in [0.4, 0.5) is 5.69 Å². The van der Waals surface area contributed by atoms with Gasteiger partial charge in [-0.1, -0.05) is 65.0 Å². The van der Waals surface area contributed by atoms with Crippen molar-refractivity contribution in [2.75, 3.05) is 18.4 Å². The molecule has 1 unspecified atom stereocenters. The number of aliphatic imine (C=N–C) groups is 1. The Kier molecular flexibility index (Phi) is 7.62. The van der Waals surface area contributed by atoms with Crippen molar-refractivity contribution in [2.24, 2.45) is 14.8 Å². The van der Waals surface area contributed by atoms with E-state index >= 15 is 0 Å². The molecule has 3 N–H and O–H groups in total. The molecule has 1 aliphatic heterocycles. The van der Waals surface area contributed by atoms with Crippen LogP contribution in [0.25, 0.3) is 0 Å². The molecule has 2 aromatic rings. The largest absolute Gasteiger partial charge is 0.504 e. The lowest BCUT2D eigenvalue weighted by Crippen LogP contribution is -2.32. The number of aromatic hydroxyl groups is 1. The zero-order valence-electron chi connectivity index (χ0n) is 19.2. The molecule has 1 aliphatic rings. The van der Waals surface area contributed by atoms with Gasteiger partial charge in [0.15, 0.2) is 21.6 Å². The second-order valence-electron chi connectivity index (χ2n) is 8.45. The minimum Gasteiger partial charge on any atom is -0.504 e. The van der Waals surface area contributed by atoms with E-state index in [1.807, 2.05) is 65.0 Å². The molecule has 2 atom stereocenters. The van der Waals surface area contributed by atoms with Crippen molar-refractivity contribution in [1.29, 1.82) is 0 Å². The van der Waals surface area contributed by atoms with Crippen LogP contribution in [-0.4, -0.2) is 46.8 Å². The normalized spacial score (nSPS) is 18.7. The maximum atomic E-state index is 12.8. The lowest BCUT2D eigenvalue weighted by atomic mass is 9.83. The highest BCUT2D eigenvalue weighted by Crippen LogP contribution is 2.39. The van der Waals surface area contributed by atoms with Crippen molar-refractivity contribution in [3.8, 4) is 5.75 Å². The van der Waals surface area contributed by atoms with Crippen LogP contribution in [0.2, 0.25) is 0 Å². The third-order valence-corrected chi connectivity index (χ3v) is 8.79. The summed E-state index contributed by atoms with van der Waals surface area (Å²) in [6.45, 7) is 10.9. The molecule has 1 aromatic heterocycles. The Morgan fingerprint density at radius 1 is 1.24 bits per heavy atom. The van der Waals surface area contributed by atoms with Crippen molar-refractivity contribution < 1.29 is 17.7 Å². The van der Waals surface area contributed by atoms with E-state index in [0.717, 1.165) is 16.9 Å². The number of rotatable bonds is 7. The van der Waals surface area contributed by atoms with Gasteiger partial charge in [0.05, 0.1) is 11.7 Å². The molecule has 2 heterocycles. The Hall–Kier alpha value is -2.28. The smallest absolute Gasteiger partial charge is 0.345 e. The molecular weight excluding hydrogens is 482 g/mol. The van der Waals surface area contributed by atoms with Gasteiger partial charge in [0.2, 0.25) is 0 Å². The first-order valence-electron chi connectivity index (χ1n) is 10.5. The van der Waals surface area contributed by atoms with Crippen molar-refractivity contribution in [3.05, 3.63) is 41.3 Å². The molecule has 0 aliphatic carbocycles. The highest BCUT2D eigenvalue weighted by Gasteiger charge is 2.33. The number of thiophene rings is 1. The molecule has 3 rings (SSSR count). The number of amidine groups is 2. The van der Waals surface area contributed by atoms with Gasteiger partial charge in [0, 0.05) is 18.5 Å². The van der Waals surface area contributed by atoms with Crippen LogP contribution in [-0.2, 0) is 21.2 Å². The zero-order valence-corrected chi connectivity index (χ0v) is 21.6. The summed E-state index contributed by atoms with van der Waals surface area (Å²) < 4.78 is 45.3. The Labute approximate surface area is 201 Å². The van der Waals surface area contributed by atoms with Crippen LogP contribution in [0.15, 0.2) is 49.3 Å². The topological polar surface area (TPSA) is 123 Å². The standard InChI is InChI=1S/C21H29N5O4S3/c1-6-26(7-2)32(28)20-16(27)15(13-31-20)22-18-19(25-33(29,30)24-18)23-17(21(3,4)5)14-11-9-8-10-12-14/h8-13,17,27H,6-7H2,1-5H3,(H,22,24)(H,23,25)/t17-,32?/m0/s1. The van der Waals surface area contributed by atoms with E-state index in [0.29, 0.717) is 13.1 Å². The molecule has 0 saturated carbocycles. The molecule has 0 saturated heterocycles. The first-order valence-corrected chi connectivity index (χ1v) is 13.9. The lowest BCUT2D eigenvalue weighted by molar-refractivity contribution is 0.329. The number of benzene rings is 1. The van der Waals surface area contributed by atoms with Crippen LogP contribution in [0.3, 0.4) is 0 Å². The van der Waals surface area contributed by atoms with Crippen LogP contribution in [0, 0.1) is 5.41 Å². The average molecular weight is 512 g/mol. The number of hydrogen-bond donors (Lipinski definition) is 3. The summed E-state index contributed by atoms with van der Waals surface area (Å²) in [6, 6.07) is 9.23. The Morgan fingerprint density at radius 3 is 2.45 bits per heavy atom. The van der Waals surface area contributed by atoms with E-state index in [9.17, 15) is 17.7 Å². The average Bonchev–Trinajstić information content (AvgIpc) is 3.25. The summed E-state index contributed by atoms with van der Waals surface area (Å²) in [5, 5.41) is 15.1. The molecule has 12 heteroatoms. The third kappa shape index (κ3) is 5.81. The summed E-state index contributed by atoms with van der Waals surface area (Å²) in [7, 11) is -5.51. The summed E-state index contributed by atoms with van der Waals surface area (Å²) in [6.07, 6.45) is 0. The molecule has 33 heavy (non-hydrogen) atoms. The van der Waals surface area contributed by atoms with Crippen molar-refractivity contribution in [2.45, 2.75) is 44.9 Å². The minimum absolute atomic E-state index is 0.0338. The monoisotopic (exact) mass is 511 g/mol. The van der Waals surface area contributed by atoms with Gasteiger partial charge in [0.1, 0.15) is 11.0 Å². The fourth-order valence-electron chi connectivity index (χ4n) is 3.31. The molecule has 0 radical (unpaired) electrons. The summed E-state index contributed by atoms with van der Waals surface area (Å²) in [5.74, 6) is -0.184. The lowest BCUT2D eigenvalue weighted by Gasteiger charge is -2.28. The van der Waals surface area contributed by atoms with Gasteiger partial charge in [-0.15, -0.1) is 15.7 Å². The van der Waals surface area contributed by atoms with Crippen molar-refractivity contribution >= 4 is 49.9 Å². The van der Waals surface area contributed by atoms with E-state index in [2.05, 4.69) is 14.4 Å². The maximum absolute atomic E-state index is 12.8. The molecule has 0 bridgehead atoms. The van der Waals surface area contributed by atoms with E-state index in [-0.39, 0.29) is 38.8 Å². The number of hydrogen-bond acceptors (Lipinski definition) is 7. The van der Waals surface area contributed by atoms with Gasteiger partial charge in [-0.05, 0) is 11.0 Å². The van der Waals surface area contributed by atoms with Gasteiger partial charge in [-0.3, -0.25) is 4.99 Å². The van der Waals surface area contributed by atoms with Gasteiger partial charge in [0.25, 0.3) is 0 Å². The third-order valence-electron chi connectivity index (χ3n) is 4.94. The first kappa shape index (κ1) is 25.3. The maximum Gasteiger partial charge on any atom is 0.345 e. The SMILES string of the molecule is CCN(CC)S(=O)c1scc(NC2=NS(=O)(=O)NC2=N[C@@H](c2ccccc2)C(C)(C)C)c1O. The molecule has 0 fully saturated rings. The Morgan fingerprint density at radius 2 is 1.88 bits per heavy atom. The van der Waals surface area contributed by atoms with Crippen LogP contribution in [0.1, 0.15) is 46.2 Å². The number of anilines is 1. The highest BCUT2D eigenvalue weighted by atomic mass is 32.2. The molecule has 1 aromatic carbocycles. The number of nitrogens with one attached hydrogen (secondary N) is 2. The van der Waals surface area contributed by atoms with Gasteiger partial charge in [-0.2, -0.15) is 8.42 Å². The molecule has 9 nitrogen and oxygen atoms in total. The first-order chi connectivity index (χ1) is 15.5. The van der Waals surface area contributed by atoms with Crippen LogP contribution >= 0.6 is 11.3 Å². The van der Waals surface area contributed by atoms with E-state index in [1.54, 1.807) is 9.69 Å². The van der Waals surface area contributed by atoms with Crippen molar-refractivity contribution in [3.63, 3.8) is 0 Å². The number of nitrogens with zero attached hydrogens (tertiary/aromatic N) is 3. The van der Waals surface area contributed by atoms with E-state index < -0.39 is 21.2 Å². The van der Waals surface area contributed by atoms with Crippen molar-refractivity contribution in [1.82, 2.24) is 9.03 Å². The molecule has 0 spiro atoms. The zero-order chi connectivity index (χ0) is 24.4. The minimum atomic E-state index is -3.98. The predicted molar refractivity (Wildman–Crippen MR) is 134 cm³/mol. The molecule has 0 amide bonds. The Bertz CT molecular complexity index is 1180. The second-order valence-corrected chi connectivity index (χ2v) is 12.3.